The minimum absolute atomic E-state index is 0.110. The molecule has 112 valence electrons. The van der Waals surface area contributed by atoms with Gasteiger partial charge in [0.1, 0.15) is 10.7 Å². The van der Waals surface area contributed by atoms with E-state index in [1.807, 2.05) is 18.7 Å². The molecule has 1 aromatic heterocycles. The van der Waals surface area contributed by atoms with E-state index in [9.17, 15) is 13.5 Å². The van der Waals surface area contributed by atoms with Gasteiger partial charge in [0.2, 0.25) is 0 Å². The monoisotopic (exact) mass is 300 g/mol. The zero-order chi connectivity index (χ0) is 15.0. The average molecular weight is 300 g/mol. The van der Waals surface area contributed by atoms with Gasteiger partial charge in [0.05, 0.1) is 18.3 Å². The topological polar surface area (TPSA) is 79.7 Å². The van der Waals surface area contributed by atoms with Crippen LogP contribution < -0.4 is 4.90 Å². The Bertz CT molecular complexity index is 586. The summed E-state index contributed by atoms with van der Waals surface area (Å²) in [6.07, 6.45) is 2.39. The summed E-state index contributed by atoms with van der Waals surface area (Å²) in [6, 6.07) is 3.16. The fourth-order valence-corrected chi connectivity index (χ4v) is 3.30. The number of rotatable bonds is 3. The van der Waals surface area contributed by atoms with Gasteiger partial charge in [-0.1, -0.05) is 0 Å². The minimum atomic E-state index is -3.35. The second kappa shape index (κ2) is 5.31. The van der Waals surface area contributed by atoms with Crippen LogP contribution in [0.15, 0.2) is 23.2 Å². The van der Waals surface area contributed by atoms with E-state index in [1.54, 1.807) is 18.3 Å². The number of aliphatic hydroxyl groups is 1. The smallest absolute Gasteiger partial charge is 0.179 e. The summed E-state index contributed by atoms with van der Waals surface area (Å²) >= 11 is 0. The number of hydrogen-bond acceptors (Lipinski definition) is 6. The molecule has 2 rings (SSSR count). The summed E-state index contributed by atoms with van der Waals surface area (Å²) in [5.74, 6) is 0.421. The predicted octanol–water partition coefficient (Wildman–Crippen LogP) is 0.461. The van der Waals surface area contributed by atoms with Gasteiger partial charge in [-0.15, -0.1) is 0 Å². The Morgan fingerprint density at radius 2 is 2.25 bits per heavy atom. The second-order valence-electron chi connectivity index (χ2n) is 5.66. The van der Waals surface area contributed by atoms with Crippen molar-refractivity contribution in [3.63, 3.8) is 0 Å². The lowest BCUT2D eigenvalue weighted by atomic mass is 10.1. The van der Waals surface area contributed by atoms with Gasteiger partial charge >= 0.3 is 0 Å². The number of nitrogens with zero attached hydrogens (tertiary/aromatic N) is 2. The van der Waals surface area contributed by atoms with E-state index in [1.165, 1.54) is 6.26 Å². The molecule has 0 bridgehead atoms. The van der Waals surface area contributed by atoms with Gasteiger partial charge in [0.25, 0.3) is 0 Å². The van der Waals surface area contributed by atoms with Gasteiger partial charge in [0, 0.05) is 25.5 Å². The van der Waals surface area contributed by atoms with Crippen molar-refractivity contribution >= 4 is 15.7 Å². The molecule has 2 heterocycles. The molecule has 0 radical (unpaired) electrons. The first kappa shape index (κ1) is 15.2. The van der Waals surface area contributed by atoms with Crippen molar-refractivity contribution in [2.75, 3.05) is 30.9 Å². The molecule has 1 aliphatic rings. The third-order valence-corrected chi connectivity index (χ3v) is 4.25. The SMILES string of the molecule is CC1(C)CN(c2ncccc2S(C)(=O)=O)CC(CO)O1. The van der Waals surface area contributed by atoms with E-state index < -0.39 is 15.4 Å². The number of anilines is 1. The van der Waals surface area contributed by atoms with Gasteiger partial charge in [-0.3, -0.25) is 0 Å². The van der Waals surface area contributed by atoms with Gasteiger partial charge < -0.3 is 14.7 Å². The Morgan fingerprint density at radius 1 is 1.55 bits per heavy atom. The van der Waals surface area contributed by atoms with Crippen LogP contribution in [0.2, 0.25) is 0 Å². The summed E-state index contributed by atoms with van der Waals surface area (Å²) in [5.41, 5.74) is -0.474. The van der Waals surface area contributed by atoms with Gasteiger partial charge in [-0.25, -0.2) is 13.4 Å². The second-order valence-corrected chi connectivity index (χ2v) is 7.64. The van der Waals surface area contributed by atoms with E-state index in [-0.39, 0.29) is 17.6 Å². The minimum Gasteiger partial charge on any atom is -0.394 e. The molecule has 1 fully saturated rings. The highest BCUT2D eigenvalue weighted by atomic mass is 32.2. The van der Waals surface area contributed by atoms with E-state index in [2.05, 4.69) is 4.98 Å². The number of ether oxygens (including phenoxy) is 1. The van der Waals surface area contributed by atoms with Crippen molar-refractivity contribution in [1.29, 1.82) is 0 Å². The molecule has 7 heteroatoms. The van der Waals surface area contributed by atoms with Crippen LogP contribution in [-0.4, -0.2) is 56.2 Å². The van der Waals surface area contributed by atoms with Crippen LogP contribution in [-0.2, 0) is 14.6 Å². The Kier molecular flexibility index (Phi) is 4.04. The first-order chi connectivity index (χ1) is 9.23. The molecule has 1 N–H and O–H groups in total. The van der Waals surface area contributed by atoms with Crippen LogP contribution in [0.1, 0.15) is 13.8 Å². The molecular formula is C13H20N2O4S. The van der Waals surface area contributed by atoms with Crippen LogP contribution >= 0.6 is 0 Å². The van der Waals surface area contributed by atoms with Gasteiger partial charge in [0.15, 0.2) is 9.84 Å². The molecule has 1 saturated heterocycles. The Balaban J connectivity index is 2.41. The van der Waals surface area contributed by atoms with Crippen molar-refractivity contribution in [2.45, 2.75) is 30.4 Å². The Morgan fingerprint density at radius 3 is 2.85 bits per heavy atom. The summed E-state index contributed by atoms with van der Waals surface area (Å²) < 4.78 is 29.5. The lowest BCUT2D eigenvalue weighted by molar-refractivity contribution is -0.101. The predicted molar refractivity (Wildman–Crippen MR) is 75.6 cm³/mol. The molecule has 0 saturated carbocycles. The Labute approximate surface area is 119 Å². The largest absolute Gasteiger partial charge is 0.394 e. The molecule has 1 aliphatic heterocycles. The van der Waals surface area contributed by atoms with Gasteiger partial charge in [-0.05, 0) is 26.0 Å². The molecule has 1 atom stereocenters. The quantitative estimate of drug-likeness (QED) is 0.873. The summed E-state index contributed by atoms with van der Waals surface area (Å²) in [6.45, 7) is 4.64. The highest BCUT2D eigenvalue weighted by molar-refractivity contribution is 7.90. The first-order valence-corrected chi connectivity index (χ1v) is 8.31. The summed E-state index contributed by atoms with van der Waals surface area (Å²) in [4.78, 5) is 6.28. The lowest BCUT2D eigenvalue weighted by Crippen LogP contribution is -2.54. The molecule has 0 amide bonds. The number of pyridine rings is 1. The van der Waals surface area contributed by atoms with E-state index in [4.69, 9.17) is 4.74 Å². The average Bonchev–Trinajstić information content (AvgIpc) is 2.35. The van der Waals surface area contributed by atoms with Crippen LogP contribution in [0.5, 0.6) is 0 Å². The van der Waals surface area contributed by atoms with Crippen LogP contribution in [0.4, 0.5) is 5.82 Å². The summed E-state index contributed by atoms with van der Waals surface area (Å²) in [5, 5.41) is 9.33. The van der Waals surface area contributed by atoms with Gasteiger partial charge in [-0.2, -0.15) is 0 Å². The van der Waals surface area contributed by atoms with Crippen molar-refractivity contribution in [3.8, 4) is 0 Å². The van der Waals surface area contributed by atoms with Crippen molar-refractivity contribution in [3.05, 3.63) is 18.3 Å². The maximum Gasteiger partial charge on any atom is 0.179 e. The molecule has 1 unspecified atom stereocenters. The van der Waals surface area contributed by atoms with E-state index in [0.717, 1.165) is 0 Å². The molecule has 0 spiro atoms. The third-order valence-electron chi connectivity index (χ3n) is 3.13. The van der Waals surface area contributed by atoms with Crippen molar-refractivity contribution in [1.82, 2.24) is 4.98 Å². The standard InChI is InChI=1S/C13H20N2O4S/c1-13(2)9-15(7-10(8-16)19-13)12-11(20(3,17)18)5-4-6-14-12/h4-6,10,16H,7-9H2,1-3H3. The highest BCUT2D eigenvalue weighted by Gasteiger charge is 2.35. The molecule has 20 heavy (non-hydrogen) atoms. The van der Waals surface area contributed by atoms with E-state index >= 15 is 0 Å². The number of aromatic nitrogens is 1. The zero-order valence-electron chi connectivity index (χ0n) is 11.9. The van der Waals surface area contributed by atoms with Crippen molar-refractivity contribution in [2.24, 2.45) is 0 Å². The van der Waals surface area contributed by atoms with Crippen LogP contribution in [0, 0.1) is 0 Å². The maximum absolute atomic E-state index is 11.9. The maximum atomic E-state index is 11.9. The molecule has 6 nitrogen and oxygen atoms in total. The van der Waals surface area contributed by atoms with Crippen LogP contribution in [0.3, 0.4) is 0 Å². The number of morpholine rings is 1. The number of hydrogen-bond donors (Lipinski definition) is 1. The lowest BCUT2D eigenvalue weighted by Gasteiger charge is -2.43. The molecule has 0 aromatic carbocycles. The first-order valence-electron chi connectivity index (χ1n) is 6.42. The normalized spacial score (nSPS) is 22.8. The van der Waals surface area contributed by atoms with E-state index in [0.29, 0.717) is 18.9 Å². The third kappa shape index (κ3) is 3.28. The Hall–Kier alpha value is -1.18. The fraction of sp³-hybridized carbons (Fsp3) is 0.615. The molecule has 0 aliphatic carbocycles. The molecular weight excluding hydrogens is 280 g/mol. The molecule has 1 aromatic rings. The number of sulfone groups is 1. The van der Waals surface area contributed by atoms with Crippen LogP contribution in [0.25, 0.3) is 0 Å². The summed E-state index contributed by atoms with van der Waals surface area (Å²) in [7, 11) is -3.35. The highest BCUT2D eigenvalue weighted by Crippen LogP contribution is 2.28. The van der Waals surface area contributed by atoms with Crippen molar-refractivity contribution < 1.29 is 18.3 Å². The number of aliphatic hydroxyl groups excluding tert-OH is 1. The fourth-order valence-electron chi connectivity index (χ4n) is 2.46. The zero-order valence-corrected chi connectivity index (χ0v) is 12.7.